The van der Waals surface area contributed by atoms with Gasteiger partial charge in [-0.2, -0.15) is 0 Å². The topological polar surface area (TPSA) is 30.5 Å². The van der Waals surface area contributed by atoms with Crippen LogP contribution in [0.15, 0.2) is 24.3 Å². The summed E-state index contributed by atoms with van der Waals surface area (Å²) in [4.78, 5) is 0. The van der Waals surface area contributed by atoms with E-state index >= 15 is 0 Å². The zero-order valence-electron chi connectivity index (χ0n) is 12.6. The second-order valence-electron chi connectivity index (χ2n) is 5.26. The predicted molar refractivity (Wildman–Crippen MR) is 80.0 cm³/mol. The Kier molecular flexibility index (Phi) is 7.34. The van der Waals surface area contributed by atoms with Crippen molar-refractivity contribution in [3.63, 3.8) is 0 Å². The molecule has 0 spiro atoms. The quantitative estimate of drug-likeness (QED) is 0.741. The Labute approximate surface area is 117 Å². The minimum Gasteiger partial charge on any atom is -0.497 e. The SMILES string of the molecule is CCCC(CNCC(C)C)Oc1ccc(OC)cc1. The average Bonchev–Trinajstić information content (AvgIpc) is 2.39. The van der Waals surface area contributed by atoms with Gasteiger partial charge in [-0.25, -0.2) is 0 Å². The minimum atomic E-state index is 0.233. The lowest BCUT2D eigenvalue weighted by atomic mass is 10.2. The van der Waals surface area contributed by atoms with Gasteiger partial charge >= 0.3 is 0 Å². The molecular weight excluding hydrogens is 238 g/mol. The molecule has 0 aliphatic rings. The highest BCUT2D eigenvalue weighted by Crippen LogP contribution is 2.19. The molecule has 19 heavy (non-hydrogen) atoms. The van der Waals surface area contributed by atoms with Crippen LogP contribution in [-0.4, -0.2) is 26.3 Å². The number of ether oxygens (including phenoxy) is 2. The molecule has 1 rings (SSSR count). The van der Waals surface area contributed by atoms with E-state index in [4.69, 9.17) is 9.47 Å². The molecular formula is C16H27NO2. The molecule has 0 amide bonds. The van der Waals surface area contributed by atoms with Crippen LogP contribution in [0.4, 0.5) is 0 Å². The molecule has 0 fully saturated rings. The van der Waals surface area contributed by atoms with Crippen LogP contribution in [-0.2, 0) is 0 Å². The molecule has 0 aliphatic heterocycles. The largest absolute Gasteiger partial charge is 0.497 e. The fraction of sp³-hybridized carbons (Fsp3) is 0.625. The molecule has 0 bridgehead atoms. The molecule has 1 aromatic carbocycles. The van der Waals surface area contributed by atoms with Crippen LogP contribution in [0.2, 0.25) is 0 Å². The summed E-state index contributed by atoms with van der Waals surface area (Å²) in [5.41, 5.74) is 0. The first-order valence-corrected chi connectivity index (χ1v) is 7.17. The Morgan fingerprint density at radius 2 is 1.68 bits per heavy atom. The molecule has 108 valence electrons. The van der Waals surface area contributed by atoms with E-state index < -0.39 is 0 Å². The maximum absolute atomic E-state index is 6.02. The zero-order valence-corrected chi connectivity index (χ0v) is 12.6. The molecule has 0 saturated heterocycles. The lowest BCUT2D eigenvalue weighted by Crippen LogP contribution is -2.33. The van der Waals surface area contributed by atoms with Gasteiger partial charge in [0.15, 0.2) is 0 Å². The zero-order chi connectivity index (χ0) is 14.1. The maximum atomic E-state index is 6.02. The third-order valence-electron chi connectivity index (χ3n) is 2.90. The minimum absolute atomic E-state index is 0.233. The number of benzene rings is 1. The summed E-state index contributed by atoms with van der Waals surface area (Å²) in [6.45, 7) is 8.55. The monoisotopic (exact) mass is 265 g/mol. The first-order chi connectivity index (χ1) is 9.15. The number of rotatable bonds is 9. The lowest BCUT2D eigenvalue weighted by molar-refractivity contribution is 0.185. The summed E-state index contributed by atoms with van der Waals surface area (Å²) in [5, 5.41) is 3.46. The second kappa shape index (κ2) is 8.81. The fourth-order valence-electron chi connectivity index (χ4n) is 1.90. The Hall–Kier alpha value is -1.22. The first kappa shape index (κ1) is 15.8. The summed E-state index contributed by atoms with van der Waals surface area (Å²) in [6, 6.07) is 7.79. The summed E-state index contributed by atoms with van der Waals surface area (Å²) in [5.74, 6) is 2.44. The summed E-state index contributed by atoms with van der Waals surface area (Å²) < 4.78 is 11.2. The van der Waals surface area contributed by atoms with Crippen molar-refractivity contribution in [2.75, 3.05) is 20.2 Å². The first-order valence-electron chi connectivity index (χ1n) is 7.17. The standard InChI is InChI=1S/C16H27NO2/c1-5-6-16(12-17-11-13(2)3)19-15-9-7-14(18-4)8-10-15/h7-10,13,16-17H,5-6,11-12H2,1-4H3. The highest BCUT2D eigenvalue weighted by Gasteiger charge is 2.09. The molecule has 1 aromatic rings. The number of methoxy groups -OCH3 is 1. The van der Waals surface area contributed by atoms with Gasteiger partial charge in [0.05, 0.1) is 7.11 Å². The van der Waals surface area contributed by atoms with Gasteiger partial charge in [0.25, 0.3) is 0 Å². The normalized spacial score (nSPS) is 12.5. The van der Waals surface area contributed by atoms with E-state index in [9.17, 15) is 0 Å². The van der Waals surface area contributed by atoms with E-state index in [2.05, 4.69) is 26.1 Å². The van der Waals surface area contributed by atoms with Crippen LogP contribution in [0.1, 0.15) is 33.6 Å². The Bertz CT molecular complexity index is 335. The molecule has 1 N–H and O–H groups in total. The molecule has 0 radical (unpaired) electrons. The Morgan fingerprint density at radius 1 is 1.05 bits per heavy atom. The molecule has 0 heterocycles. The number of hydrogen-bond donors (Lipinski definition) is 1. The number of nitrogens with one attached hydrogen (secondary N) is 1. The molecule has 3 heteroatoms. The third-order valence-corrected chi connectivity index (χ3v) is 2.90. The summed E-state index contributed by atoms with van der Waals surface area (Å²) in [7, 11) is 1.67. The van der Waals surface area contributed by atoms with Crippen molar-refractivity contribution in [2.45, 2.75) is 39.7 Å². The highest BCUT2D eigenvalue weighted by molar-refractivity contribution is 5.31. The summed E-state index contributed by atoms with van der Waals surface area (Å²) >= 11 is 0. The lowest BCUT2D eigenvalue weighted by Gasteiger charge is -2.20. The van der Waals surface area contributed by atoms with Gasteiger partial charge < -0.3 is 14.8 Å². The molecule has 0 aliphatic carbocycles. The van der Waals surface area contributed by atoms with Crippen LogP contribution < -0.4 is 14.8 Å². The van der Waals surface area contributed by atoms with Crippen molar-refractivity contribution in [3.8, 4) is 11.5 Å². The van der Waals surface area contributed by atoms with E-state index in [0.29, 0.717) is 5.92 Å². The predicted octanol–water partition coefficient (Wildman–Crippen LogP) is 3.49. The Balaban J connectivity index is 2.46. The average molecular weight is 265 g/mol. The van der Waals surface area contributed by atoms with Crippen molar-refractivity contribution >= 4 is 0 Å². The Morgan fingerprint density at radius 3 is 2.21 bits per heavy atom. The van der Waals surface area contributed by atoms with Crippen LogP contribution in [0.25, 0.3) is 0 Å². The van der Waals surface area contributed by atoms with Gasteiger partial charge in [-0.05, 0) is 43.1 Å². The van der Waals surface area contributed by atoms with Gasteiger partial charge in [-0.1, -0.05) is 27.2 Å². The number of hydrogen-bond acceptors (Lipinski definition) is 3. The molecule has 3 nitrogen and oxygen atoms in total. The fourth-order valence-corrected chi connectivity index (χ4v) is 1.90. The van der Waals surface area contributed by atoms with Crippen molar-refractivity contribution in [1.29, 1.82) is 0 Å². The van der Waals surface area contributed by atoms with Crippen molar-refractivity contribution in [3.05, 3.63) is 24.3 Å². The second-order valence-corrected chi connectivity index (χ2v) is 5.26. The van der Waals surface area contributed by atoms with Crippen LogP contribution in [0.5, 0.6) is 11.5 Å². The van der Waals surface area contributed by atoms with Crippen molar-refractivity contribution in [2.24, 2.45) is 5.92 Å². The van der Waals surface area contributed by atoms with E-state index in [-0.39, 0.29) is 6.10 Å². The maximum Gasteiger partial charge on any atom is 0.120 e. The van der Waals surface area contributed by atoms with Crippen LogP contribution in [0.3, 0.4) is 0 Å². The van der Waals surface area contributed by atoms with E-state index in [1.807, 2.05) is 24.3 Å². The highest BCUT2D eigenvalue weighted by atomic mass is 16.5. The smallest absolute Gasteiger partial charge is 0.120 e. The molecule has 1 atom stereocenters. The molecule has 0 aromatic heterocycles. The van der Waals surface area contributed by atoms with Gasteiger partial charge in [-0.15, -0.1) is 0 Å². The molecule has 1 unspecified atom stereocenters. The van der Waals surface area contributed by atoms with E-state index in [1.165, 1.54) is 0 Å². The van der Waals surface area contributed by atoms with Crippen LogP contribution >= 0.6 is 0 Å². The van der Waals surface area contributed by atoms with Gasteiger partial charge in [-0.3, -0.25) is 0 Å². The third kappa shape index (κ3) is 6.48. The summed E-state index contributed by atoms with van der Waals surface area (Å²) in [6.07, 6.45) is 2.43. The van der Waals surface area contributed by atoms with E-state index in [1.54, 1.807) is 7.11 Å². The van der Waals surface area contributed by atoms with Gasteiger partial charge in [0.2, 0.25) is 0 Å². The molecule has 0 saturated carbocycles. The van der Waals surface area contributed by atoms with Crippen LogP contribution in [0, 0.1) is 5.92 Å². The van der Waals surface area contributed by atoms with Gasteiger partial charge in [0, 0.05) is 6.54 Å². The van der Waals surface area contributed by atoms with Crippen molar-refractivity contribution < 1.29 is 9.47 Å². The van der Waals surface area contributed by atoms with Gasteiger partial charge in [0.1, 0.15) is 17.6 Å². The van der Waals surface area contributed by atoms with Crippen molar-refractivity contribution in [1.82, 2.24) is 5.32 Å². The van der Waals surface area contributed by atoms with E-state index in [0.717, 1.165) is 37.4 Å².